The van der Waals surface area contributed by atoms with E-state index in [4.69, 9.17) is 9.88 Å². The second-order valence-corrected chi connectivity index (χ2v) is 8.26. The van der Waals surface area contributed by atoms with Gasteiger partial charge < -0.3 is 9.64 Å². The smallest absolute Gasteiger partial charge is 0.238 e. The van der Waals surface area contributed by atoms with Gasteiger partial charge in [-0.2, -0.15) is 5.10 Å². The molecule has 0 atom stereocenters. The van der Waals surface area contributed by atoms with E-state index in [9.17, 15) is 8.42 Å². The first-order valence-electron chi connectivity index (χ1n) is 8.78. The lowest BCUT2D eigenvalue weighted by Gasteiger charge is -2.09. The normalized spacial score (nSPS) is 11.8. The summed E-state index contributed by atoms with van der Waals surface area (Å²) in [7, 11) is 1.71. The number of methoxy groups -OCH3 is 1. The molecule has 0 aliphatic heterocycles. The van der Waals surface area contributed by atoms with Gasteiger partial charge in [-0.3, -0.25) is 4.68 Å². The Hall–Kier alpha value is -2.68. The van der Waals surface area contributed by atoms with Crippen LogP contribution in [0.4, 0.5) is 0 Å². The largest absolute Gasteiger partial charge is 0.497 e. The summed E-state index contributed by atoms with van der Waals surface area (Å²) in [5.41, 5.74) is 2.81. The maximum absolute atomic E-state index is 12.1. The van der Waals surface area contributed by atoms with Crippen LogP contribution in [0.25, 0.3) is 22.4 Å². The highest BCUT2D eigenvalue weighted by molar-refractivity contribution is 7.89. The lowest BCUT2D eigenvalue weighted by atomic mass is 10.0. The van der Waals surface area contributed by atoms with E-state index in [1.54, 1.807) is 25.3 Å². The van der Waals surface area contributed by atoms with Crippen LogP contribution >= 0.6 is 0 Å². The standard InChI is InChI=1S/C20H24N4O3S/c1-23(2)12-13-24-14-18(15-8-10-16(27-3)11-9-15)20(22-24)17-6-4-5-7-19(17)28(21,25)26/h4-11,14H,12-13H2,1-3H3,(H2,21,25,26). The first-order valence-corrected chi connectivity index (χ1v) is 10.3. The topological polar surface area (TPSA) is 90.4 Å². The lowest BCUT2D eigenvalue weighted by molar-refractivity contribution is 0.373. The number of hydrogen-bond acceptors (Lipinski definition) is 5. The average molecular weight is 401 g/mol. The van der Waals surface area contributed by atoms with Crippen LogP contribution in [0.15, 0.2) is 59.6 Å². The van der Waals surface area contributed by atoms with Crippen LogP contribution in [0.3, 0.4) is 0 Å². The van der Waals surface area contributed by atoms with Gasteiger partial charge in [0, 0.05) is 23.9 Å². The summed E-state index contributed by atoms with van der Waals surface area (Å²) in [6.45, 7) is 1.48. The fraction of sp³-hybridized carbons (Fsp3) is 0.250. The van der Waals surface area contributed by atoms with Crippen molar-refractivity contribution in [3.8, 4) is 28.1 Å². The summed E-state index contributed by atoms with van der Waals surface area (Å²) in [5.74, 6) is 0.746. The highest BCUT2D eigenvalue weighted by atomic mass is 32.2. The van der Waals surface area contributed by atoms with E-state index in [0.717, 1.165) is 23.4 Å². The van der Waals surface area contributed by atoms with Crippen molar-refractivity contribution in [1.29, 1.82) is 0 Å². The highest BCUT2D eigenvalue weighted by Crippen LogP contribution is 2.35. The van der Waals surface area contributed by atoms with Gasteiger partial charge in [0.2, 0.25) is 10.0 Å². The Morgan fingerprint density at radius 1 is 1.07 bits per heavy atom. The zero-order valence-corrected chi connectivity index (χ0v) is 17.0. The van der Waals surface area contributed by atoms with E-state index >= 15 is 0 Å². The number of nitrogens with zero attached hydrogens (tertiary/aromatic N) is 3. The molecule has 2 aromatic carbocycles. The summed E-state index contributed by atoms with van der Waals surface area (Å²) in [4.78, 5) is 2.12. The van der Waals surface area contributed by atoms with Crippen molar-refractivity contribution < 1.29 is 13.2 Å². The van der Waals surface area contributed by atoms with Crippen LogP contribution in [0.2, 0.25) is 0 Å². The van der Waals surface area contributed by atoms with Gasteiger partial charge in [-0.25, -0.2) is 13.6 Å². The molecule has 0 saturated carbocycles. The van der Waals surface area contributed by atoms with Crippen molar-refractivity contribution in [2.75, 3.05) is 27.7 Å². The first-order chi connectivity index (χ1) is 13.3. The van der Waals surface area contributed by atoms with Crippen molar-refractivity contribution in [2.24, 2.45) is 5.14 Å². The molecule has 0 aliphatic carbocycles. The molecule has 8 heteroatoms. The highest BCUT2D eigenvalue weighted by Gasteiger charge is 2.21. The fourth-order valence-electron chi connectivity index (χ4n) is 2.93. The minimum Gasteiger partial charge on any atom is -0.497 e. The first kappa shape index (κ1) is 20.1. The molecule has 3 aromatic rings. The second kappa shape index (κ2) is 8.14. The zero-order chi connectivity index (χ0) is 20.3. The van der Waals surface area contributed by atoms with Gasteiger partial charge in [0.25, 0.3) is 0 Å². The Morgan fingerprint density at radius 2 is 1.75 bits per heavy atom. The quantitative estimate of drug-likeness (QED) is 0.658. The minimum absolute atomic E-state index is 0.0580. The van der Waals surface area contributed by atoms with Crippen molar-refractivity contribution >= 4 is 10.0 Å². The van der Waals surface area contributed by atoms with Crippen molar-refractivity contribution in [3.63, 3.8) is 0 Å². The van der Waals surface area contributed by atoms with E-state index < -0.39 is 10.0 Å². The van der Waals surface area contributed by atoms with Crippen LogP contribution in [0, 0.1) is 0 Å². The molecule has 0 aliphatic rings. The van der Waals surface area contributed by atoms with Gasteiger partial charge in [-0.15, -0.1) is 0 Å². The molecule has 1 aromatic heterocycles. The maximum atomic E-state index is 12.1. The number of rotatable bonds is 7. The van der Waals surface area contributed by atoms with Crippen molar-refractivity contribution in [2.45, 2.75) is 11.4 Å². The van der Waals surface area contributed by atoms with Crippen molar-refractivity contribution in [1.82, 2.24) is 14.7 Å². The van der Waals surface area contributed by atoms with Crippen LogP contribution in [-0.2, 0) is 16.6 Å². The second-order valence-electron chi connectivity index (χ2n) is 6.73. The Kier molecular flexibility index (Phi) is 5.83. The third kappa shape index (κ3) is 4.41. The molecule has 0 spiro atoms. The van der Waals surface area contributed by atoms with Crippen LogP contribution in [0.1, 0.15) is 0 Å². The average Bonchev–Trinajstić information content (AvgIpc) is 3.10. The molecule has 0 bridgehead atoms. The van der Waals surface area contributed by atoms with Gasteiger partial charge >= 0.3 is 0 Å². The monoisotopic (exact) mass is 400 g/mol. The molecule has 0 saturated heterocycles. The number of benzene rings is 2. The van der Waals surface area contributed by atoms with Gasteiger partial charge in [-0.1, -0.05) is 30.3 Å². The summed E-state index contributed by atoms with van der Waals surface area (Å²) >= 11 is 0. The molecule has 28 heavy (non-hydrogen) atoms. The number of primary sulfonamides is 1. The summed E-state index contributed by atoms with van der Waals surface area (Å²) in [6, 6.07) is 14.2. The number of likely N-dealkylation sites (N-methyl/N-ethyl adjacent to an activating group) is 1. The Balaban J connectivity index is 2.16. The summed E-state index contributed by atoms with van der Waals surface area (Å²) in [6.07, 6.45) is 1.93. The van der Waals surface area contributed by atoms with E-state index in [0.29, 0.717) is 17.8 Å². The summed E-state index contributed by atoms with van der Waals surface area (Å²) < 4.78 is 31.3. The molecular formula is C20H24N4O3S. The van der Waals surface area contributed by atoms with Crippen molar-refractivity contribution in [3.05, 3.63) is 54.7 Å². The molecule has 7 nitrogen and oxygen atoms in total. The number of sulfonamides is 1. The zero-order valence-electron chi connectivity index (χ0n) is 16.2. The van der Waals surface area contributed by atoms with Crippen LogP contribution < -0.4 is 9.88 Å². The summed E-state index contributed by atoms with van der Waals surface area (Å²) in [5, 5.41) is 10.1. The minimum atomic E-state index is -3.89. The van der Waals surface area contributed by atoms with E-state index in [2.05, 4.69) is 10.00 Å². The predicted octanol–water partition coefficient (Wildman–Crippen LogP) is 2.43. The van der Waals surface area contributed by atoms with E-state index in [-0.39, 0.29) is 4.90 Å². The number of ether oxygens (including phenoxy) is 1. The van der Waals surface area contributed by atoms with Crippen LogP contribution in [-0.4, -0.2) is 50.8 Å². The maximum Gasteiger partial charge on any atom is 0.238 e. The molecular weight excluding hydrogens is 376 g/mol. The Morgan fingerprint density at radius 3 is 2.36 bits per heavy atom. The van der Waals surface area contributed by atoms with Gasteiger partial charge in [0.1, 0.15) is 11.4 Å². The van der Waals surface area contributed by atoms with Gasteiger partial charge in [-0.05, 0) is 37.9 Å². The molecule has 148 valence electrons. The molecule has 1 heterocycles. The number of hydrogen-bond donors (Lipinski definition) is 1. The molecule has 0 radical (unpaired) electrons. The Bertz CT molecular complexity index is 1060. The molecule has 3 rings (SSSR count). The molecule has 0 fully saturated rings. The van der Waals surface area contributed by atoms with E-state index in [1.807, 2.05) is 49.2 Å². The molecule has 0 amide bonds. The van der Waals surface area contributed by atoms with E-state index in [1.165, 1.54) is 6.07 Å². The third-order valence-electron chi connectivity index (χ3n) is 4.39. The number of aromatic nitrogens is 2. The van der Waals surface area contributed by atoms with Gasteiger partial charge in [0.15, 0.2) is 0 Å². The van der Waals surface area contributed by atoms with Crippen LogP contribution in [0.5, 0.6) is 5.75 Å². The molecule has 0 unspecified atom stereocenters. The molecule has 2 N–H and O–H groups in total. The predicted molar refractivity (Wildman–Crippen MR) is 110 cm³/mol. The number of nitrogens with two attached hydrogens (primary N) is 1. The fourth-order valence-corrected chi connectivity index (χ4v) is 3.67. The SMILES string of the molecule is COc1ccc(-c2cn(CCN(C)C)nc2-c2ccccc2S(N)(=O)=O)cc1. The Labute approximate surface area is 165 Å². The lowest BCUT2D eigenvalue weighted by Crippen LogP contribution is -2.18. The van der Waals surface area contributed by atoms with Gasteiger partial charge in [0.05, 0.1) is 18.6 Å². The third-order valence-corrected chi connectivity index (χ3v) is 5.36.